The van der Waals surface area contributed by atoms with Crippen molar-refractivity contribution >= 4 is 17.5 Å². The number of aromatic nitrogens is 3. The maximum Gasteiger partial charge on any atom is 0.416 e. The number of benzene rings is 2. The Kier molecular flexibility index (Phi) is 6.17. The quantitative estimate of drug-likeness (QED) is 0.365. The van der Waals surface area contributed by atoms with E-state index < -0.39 is 11.7 Å². The molecule has 2 aliphatic rings. The molecule has 0 atom stereocenters. The van der Waals surface area contributed by atoms with Crippen molar-refractivity contribution in [2.24, 2.45) is 0 Å². The summed E-state index contributed by atoms with van der Waals surface area (Å²) in [6.07, 6.45) is 0.265. The summed E-state index contributed by atoms with van der Waals surface area (Å²) in [7, 11) is 0. The van der Waals surface area contributed by atoms with E-state index in [4.69, 9.17) is 0 Å². The number of anilines is 1. The van der Waals surface area contributed by atoms with Crippen molar-refractivity contribution in [2.45, 2.75) is 31.5 Å². The van der Waals surface area contributed by atoms with Crippen molar-refractivity contribution in [2.75, 3.05) is 18.0 Å². The van der Waals surface area contributed by atoms with Crippen molar-refractivity contribution in [1.29, 1.82) is 0 Å². The summed E-state index contributed by atoms with van der Waals surface area (Å²) in [5.41, 5.74) is 2.64. The number of piperidine rings is 1. The molecule has 0 spiro atoms. The summed E-state index contributed by atoms with van der Waals surface area (Å²) < 4.78 is 41.6. The van der Waals surface area contributed by atoms with Crippen LogP contribution < -0.4 is 4.90 Å². The van der Waals surface area contributed by atoms with Crippen LogP contribution in [0.1, 0.15) is 34.5 Å². The monoisotopic (exact) mass is 531 g/mol. The largest absolute Gasteiger partial charge is 0.416 e. The lowest BCUT2D eigenvalue weighted by Gasteiger charge is -2.36. The molecule has 4 aromatic rings. The molecule has 198 valence electrons. The van der Waals surface area contributed by atoms with Crippen LogP contribution in [0.3, 0.4) is 0 Å². The van der Waals surface area contributed by atoms with Crippen LogP contribution in [-0.2, 0) is 17.4 Å². The van der Waals surface area contributed by atoms with Gasteiger partial charge in [-0.2, -0.15) is 18.3 Å². The topological polar surface area (TPSA) is 71.3 Å². The van der Waals surface area contributed by atoms with E-state index in [0.717, 1.165) is 23.4 Å². The van der Waals surface area contributed by atoms with Crippen LogP contribution in [0, 0.1) is 0 Å². The minimum Gasteiger partial charge on any atom is -0.337 e. The number of fused-ring (bicyclic) bond motifs is 1. The Labute approximate surface area is 222 Å². The molecule has 1 saturated heterocycles. The predicted molar refractivity (Wildman–Crippen MR) is 138 cm³/mol. The second-order valence-electron chi connectivity index (χ2n) is 9.70. The second kappa shape index (κ2) is 9.68. The lowest BCUT2D eigenvalue weighted by atomic mass is 10.0. The molecular weight excluding hydrogens is 507 g/mol. The van der Waals surface area contributed by atoms with Gasteiger partial charge in [0.05, 0.1) is 23.4 Å². The van der Waals surface area contributed by atoms with Crippen LogP contribution in [-0.4, -0.2) is 50.6 Å². The molecule has 0 N–H and O–H groups in total. The number of rotatable bonds is 4. The van der Waals surface area contributed by atoms with E-state index in [2.05, 4.69) is 10.1 Å². The summed E-state index contributed by atoms with van der Waals surface area (Å²) >= 11 is 0. The first-order valence-corrected chi connectivity index (χ1v) is 12.7. The van der Waals surface area contributed by atoms with Gasteiger partial charge in [0, 0.05) is 42.8 Å². The zero-order valence-corrected chi connectivity index (χ0v) is 20.8. The van der Waals surface area contributed by atoms with Gasteiger partial charge in [0.25, 0.3) is 5.91 Å². The highest BCUT2D eigenvalue weighted by molar-refractivity contribution is 6.02. The van der Waals surface area contributed by atoms with Crippen LogP contribution >= 0.6 is 0 Å². The highest BCUT2D eigenvalue weighted by atomic mass is 19.4. The normalized spacial score (nSPS) is 16.0. The Balaban J connectivity index is 1.26. The van der Waals surface area contributed by atoms with Gasteiger partial charge in [-0.25, -0.2) is 4.68 Å². The van der Waals surface area contributed by atoms with Gasteiger partial charge in [-0.3, -0.25) is 14.6 Å². The van der Waals surface area contributed by atoms with E-state index in [1.165, 1.54) is 16.8 Å². The molecule has 39 heavy (non-hydrogen) atoms. The van der Waals surface area contributed by atoms with Gasteiger partial charge < -0.3 is 9.80 Å². The number of alkyl halides is 3. The number of hydrogen-bond donors (Lipinski definition) is 0. The molecule has 2 aromatic heterocycles. The van der Waals surface area contributed by atoms with Crippen LogP contribution in [0.15, 0.2) is 79.1 Å². The Morgan fingerprint density at radius 1 is 0.923 bits per heavy atom. The molecule has 0 unspecified atom stereocenters. The van der Waals surface area contributed by atoms with Gasteiger partial charge >= 0.3 is 6.18 Å². The molecule has 6 rings (SSSR count). The fraction of sp³-hybridized carbons (Fsp3) is 0.241. The minimum atomic E-state index is -4.51. The van der Waals surface area contributed by atoms with Crippen LogP contribution in [0.5, 0.6) is 0 Å². The van der Waals surface area contributed by atoms with E-state index in [1.807, 2.05) is 29.2 Å². The number of nitrogens with zero attached hydrogens (tertiary/aromatic N) is 5. The molecule has 2 amide bonds. The number of halogens is 3. The molecule has 0 bridgehead atoms. The molecule has 0 aliphatic carbocycles. The van der Waals surface area contributed by atoms with Crippen LogP contribution in [0.25, 0.3) is 16.9 Å². The molecule has 0 radical (unpaired) electrons. The maximum atomic E-state index is 13.5. The van der Waals surface area contributed by atoms with Crippen LogP contribution in [0.2, 0.25) is 0 Å². The summed E-state index contributed by atoms with van der Waals surface area (Å²) in [5, 5.41) is 4.47. The first-order chi connectivity index (χ1) is 18.8. The lowest BCUT2D eigenvalue weighted by Crippen LogP contribution is -2.48. The van der Waals surface area contributed by atoms with Crippen molar-refractivity contribution in [1.82, 2.24) is 19.7 Å². The maximum absolute atomic E-state index is 13.5. The van der Waals surface area contributed by atoms with E-state index in [0.29, 0.717) is 43.6 Å². The number of likely N-dealkylation sites (tertiary alicyclic amines) is 1. The highest BCUT2D eigenvalue weighted by Gasteiger charge is 2.36. The number of amides is 2. The van der Waals surface area contributed by atoms with Gasteiger partial charge in [-0.05, 0) is 60.9 Å². The first-order valence-electron chi connectivity index (χ1n) is 12.7. The highest BCUT2D eigenvalue weighted by Crippen LogP contribution is 2.34. The zero-order chi connectivity index (χ0) is 27.1. The SMILES string of the molecule is O=C(c1cc(-c2ccncc2)n(-c2cccc(C(F)(F)F)c2)n1)N1CCC(N2C(=O)Cc3ccccc32)CC1. The van der Waals surface area contributed by atoms with Gasteiger partial charge in [-0.15, -0.1) is 0 Å². The molecule has 10 heteroatoms. The number of pyridine rings is 1. The van der Waals surface area contributed by atoms with Crippen molar-refractivity contribution in [3.63, 3.8) is 0 Å². The summed E-state index contributed by atoms with van der Waals surface area (Å²) in [5.74, 6) is -0.231. The Bertz CT molecular complexity index is 1540. The van der Waals surface area contributed by atoms with Gasteiger partial charge in [0.2, 0.25) is 5.91 Å². The third-order valence-electron chi connectivity index (χ3n) is 7.30. The molecule has 7 nitrogen and oxygen atoms in total. The third kappa shape index (κ3) is 4.67. The number of carbonyl (C=O) groups is 2. The average Bonchev–Trinajstić information content (AvgIpc) is 3.54. The molecule has 0 saturated carbocycles. The first kappa shape index (κ1) is 24.8. The minimum absolute atomic E-state index is 0.000227. The number of carbonyl (C=O) groups excluding carboxylic acids is 2. The Morgan fingerprint density at radius 2 is 1.67 bits per heavy atom. The summed E-state index contributed by atoms with van der Waals surface area (Å²) in [6.45, 7) is 0.882. The molecule has 2 aromatic carbocycles. The van der Waals surface area contributed by atoms with Gasteiger partial charge in [-0.1, -0.05) is 24.3 Å². The smallest absolute Gasteiger partial charge is 0.337 e. The van der Waals surface area contributed by atoms with Crippen LogP contribution in [0.4, 0.5) is 18.9 Å². The zero-order valence-electron chi connectivity index (χ0n) is 20.8. The fourth-order valence-corrected chi connectivity index (χ4v) is 5.39. The molecule has 2 aliphatic heterocycles. The standard InChI is InChI=1S/C29H24F3N5O2/c30-29(31,32)21-5-3-6-23(17-21)37-26(19-8-12-33-13-9-19)18-24(34-37)28(39)35-14-10-22(11-15-35)36-25-7-2-1-4-20(25)16-27(36)38/h1-9,12-13,17-18,22H,10-11,14-16H2. The predicted octanol–water partition coefficient (Wildman–Crippen LogP) is 5.15. The Hall–Kier alpha value is -4.47. The molecular formula is C29H24F3N5O2. The summed E-state index contributed by atoms with van der Waals surface area (Å²) in [4.78, 5) is 33.8. The molecule has 4 heterocycles. The Morgan fingerprint density at radius 3 is 2.41 bits per heavy atom. The van der Waals surface area contributed by atoms with Crippen molar-refractivity contribution in [3.05, 3.63) is 95.9 Å². The second-order valence-corrected chi connectivity index (χ2v) is 9.70. The van der Waals surface area contributed by atoms with Gasteiger partial charge in [0.15, 0.2) is 5.69 Å². The number of hydrogen-bond acceptors (Lipinski definition) is 4. The third-order valence-corrected chi connectivity index (χ3v) is 7.30. The number of para-hydroxylation sites is 1. The lowest BCUT2D eigenvalue weighted by molar-refractivity contribution is -0.137. The fourth-order valence-electron chi connectivity index (χ4n) is 5.39. The molecule has 1 fully saturated rings. The average molecular weight is 532 g/mol. The van der Waals surface area contributed by atoms with E-state index in [1.54, 1.807) is 35.5 Å². The van der Waals surface area contributed by atoms with Gasteiger partial charge in [0.1, 0.15) is 0 Å². The van der Waals surface area contributed by atoms with E-state index >= 15 is 0 Å². The van der Waals surface area contributed by atoms with E-state index in [9.17, 15) is 22.8 Å². The van der Waals surface area contributed by atoms with Crippen molar-refractivity contribution < 1.29 is 22.8 Å². The summed E-state index contributed by atoms with van der Waals surface area (Å²) in [6, 6.07) is 17.7. The van der Waals surface area contributed by atoms with E-state index in [-0.39, 0.29) is 29.2 Å². The van der Waals surface area contributed by atoms with Crippen molar-refractivity contribution in [3.8, 4) is 16.9 Å².